The largest absolute Gasteiger partial charge is 1.00 e. The molecule has 122 heavy (non-hydrogen) atoms. The first kappa shape index (κ1) is 111. The number of nitrogens with zero attached hydrogens (tertiary/aromatic N) is 11. The van der Waals surface area contributed by atoms with E-state index in [1.54, 1.807) is 106 Å². The Bertz CT molecular complexity index is 5310. The zero-order valence-electron chi connectivity index (χ0n) is 65.5. The fraction of sp³-hybridized carbons (Fsp3) is 0.254. The maximum Gasteiger partial charge on any atom is 1.00 e. The molecule has 0 atom stereocenters. The number of hydrogen-bond donors (Lipinski definition) is 5. The van der Waals surface area contributed by atoms with E-state index in [1.807, 2.05) is 49.6 Å². The van der Waals surface area contributed by atoms with Crippen LogP contribution in [0.1, 0.15) is 13.1 Å². The number of hydrogen-bond acceptors (Lipinski definition) is 35. The van der Waals surface area contributed by atoms with Crippen molar-refractivity contribution in [1.82, 2.24) is 19.1 Å². The number of nitro benzene ring substituents is 5. The number of imidazole rings is 2. The number of aromatic nitrogens is 4. The molecule has 0 bridgehead atoms. The molecule has 8 heterocycles. The number of methoxy groups -OCH3 is 4. The van der Waals surface area contributed by atoms with E-state index < -0.39 is 30.9 Å². The SMILES string of the molecule is CI.COC(CN)OC.COC(CN=C1COc2ccc([N+](=O)[O-])cc2N1)OC.CSC1=Nc2cc([N+](=O)[O-])ccc2OC1.Nc1ccc2c(c1)-n1ccnc1CO2.O=C1COc2ccc([N+](=O)[O-])cc2N1.O=CO[O-].O=[N+]([O-])c1ccc2c(c1)-n1ccnc1CO2.O=[N+]([O-])c1ccc2c(c1)NC(=S)CO2.S=PP(P=S)P=S=S=S=S=S=S=S=S.[H-].[K+].[K+]. The van der Waals surface area contributed by atoms with E-state index in [9.17, 15) is 55.4 Å². The average Bonchev–Trinajstić information content (AvgIpc) is 1.69. The summed E-state index contributed by atoms with van der Waals surface area (Å²) < 4.78 is 55.3. The van der Waals surface area contributed by atoms with Crippen molar-refractivity contribution in [1.29, 1.82) is 0 Å². The van der Waals surface area contributed by atoms with Crippen LogP contribution in [-0.2, 0) is 144 Å². The fourth-order valence-electron chi connectivity index (χ4n) is 9.13. The van der Waals surface area contributed by atoms with Gasteiger partial charge in [-0.05, 0) is 134 Å². The molecule has 0 saturated carbocycles. The summed E-state index contributed by atoms with van der Waals surface area (Å²) >= 11 is 23.2. The first-order valence-electron chi connectivity index (χ1n) is 32.4. The first-order valence-corrected chi connectivity index (χ1v) is 54.7. The summed E-state index contributed by atoms with van der Waals surface area (Å²) in [4.78, 5) is 92.0. The minimum Gasteiger partial charge on any atom is -1.00 e. The molecule has 0 aliphatic carbocycles. The van der Waals surface area contributed by atoms with Crippen molar-refractivity contribution < 1.29 is 196 Å². The second-order valence-corrected chi connectivity index (χ2v) is 48.7. The summed E-state index contributed by atoms with van der Waals surface area (Å²) in [5, 5.41) is 70.5. The van der Waals surface area contributed by atoms with Gasteiger partial charge in [-0.25, -0.2) is 15.0 Å². The molecule has 0 saturated heterocycles. The number of amides is 1. The minimum atomic E-state index is -0.527. The number of thiocarbonyl (C=S) groups is 1. The molecule has 6 aliphatic rings. The maximum atomic E-state index is 10.9. The van der Waals surface area contributed by atoms with Crippen molar-refractivity contribution in [2.75, 3.05) is 101 Å². The van der Waals surface area contributed by atoms with Crippen LogP contribution >= 0.6 is 74.7 Å². The Balaban J connectivity index is 0.000000474. The summed E-state index contributed by atoms with van der Waals surface area (Å²) in [6.07, 6.45) is 8.31. The van der Waals surface area contributed by atoms with Gasteiger partial charge in [0.2, 0.25) is 0 Å². The van der Waals surface area contributed by atoms with Gasteiger partial charge in [0.1, 0.15) is 89.1 Å². The molecule has 40 nitrogen and oxygen atoms in total. The topological polar surface area (TPSA) is 523 Å². The Labute approximate surface area is 845 Å². The van der Waals surface area contributed by atoms with Gasteiger partial charge in [-0.1, -0.05) is 58.4 Å². The first-order chi connectivity index (χ1) is 57.9. The normalized spacial score (nSPS) is 12.7. The number of rotatable bonds is 16. The van der Waals surface area contributed by atoms with Crippen molar-refractivity contribution in [3.05, 3.63) is 196 Å². The number of fused-ring (bicyclic) bond motifs is 10. The molecule has 0 radical (unpaired) electrons. The predicted molar refractivity (Wildman–Crippen MR) is 497 cm³/mol. The van der Waals surface area contributed by atoms with E-state index in [1.165, 1.54) is 109 Å². The van der Waals surface area contributed by atoms with Gasteiger partial charge in [0, 0.05) is 147 Å². The monoisotopic (exact) mass is 2140 g/mol. The van der Waals surface area contributed by atoms with Gasteiger partial charge in [-0.2, -0.15) is 0 Å². The third-order valence-electron chi connectivity index (χ3n) is 14.4. The molecule has 7 N–H and O–H groups in total. The van der Waals surface area contributed by atoms with Crippen molar-refractivity contribution in [2.45, 2.75) is 25.8 Å². The third kappa shape index (κ3) is 38.1. The van der Waals surface area contributed by atoms with E-state index in [2.05, 4.69) is 63.4 Å². The second kappa shape index (κ2) is 62.2. The zero-order chi connectivity index (χ0) is 88.1. The number of nitrogens with two attached hydrogens (primary N) is 2. The number of ether oxygens (including phenoxy) is 10. The van der Waals surface area contributed by atoms with Crippen LogP contribution in [-0.4, -0.2) is 164 Å². The second-order valence-electron chi connectivity index (χ2n) is 21.5. The number of carbonyl (C=O) groups excluding carboxylic acids is 2. The summed E-state index contributed by atoms with van der Waals surface area (Å²) in [5.41, 5.74) is 15.2. The molecule has 8 aromatic rings. The smallest absolute Gasteiger partial charge is 1.00 e. The van der Waals surface area contributed by atoms with Crippen molar-refractivity contribution in [2.24, 2.45) is 15.7 Å². The standard InChI is InChI=1S/C12H15N3O5.C10H7N3O3.C10H9N3O.C9H8N2O3S.C8H6N2O4.C8H6N2O3S.C4H11NO2.CH3I.CH2O3.2K.P4S10.H/c1-18-12(19-2)6-13-11-7-20-10-4-3-8(15(16)17)5-9(10)14-11;14-13(15)7-1-2-9-8(5-7)12-4-3-11-10(12)6-16-9;11-7-1-2-9-8(5-7)13-4-3-12-10(13)6-14-9;1-15-9-5-14-8-3-2-6(11(12)13)4-7(8)10-9;11-8-4-14-7-2-1-5(10(12)13)3-6(7)9-8;11-10(12)5-1-2-7-6(3-5)9-8(14)4-13-7;1-6-4(3-5)7-2;1-2;2-1-4-3;;;5-1-4(2-6)3-8-10-12-14-13-11-9-7;/h3-5,12H,6-7H2,1-2H3,(H,13,14);1-5H,6H2;1-5H,6,11H2;2-4H,5H2,1H3;1-3H,4H2,(H,9,11);1-3H,4H2,(H,9,14);4H,3,5H2,1-2H3;1H3;1,3H;;;;/q;;;;;;;;;2*+1;;-1/p-1. The van der Waals surface area contributed by atoms with Crippen LogP contribution in [0.25, 0.3) is 11.4 Å². The van der Waals surface area contributed by atoms with Gasteiger partial charge in [-0.3, -0.25) is 74.3 Å². The average molecular weight is 2150 g/mol. The quantitative estimate of drug-likeness (QED) is 0.00627. The molecule has 14 rings (SSSR count). The molecular formula is C63H67IK2N16O24P4S12. The third-order valence-corrected chi connectivity index (χ3v) is 49.0. The molecule has 644 valence electrons. The van der Waals surface area contributed by atoms with E-state index in [0.717, 1.165) is 47.9 Å². The van der Waals surface area contributed by atoms with Crippen LogP contribution in [0.2, 0.25) is 0 Å². The number of halogens is 1. The van der Waals surface area contributed by atoms with Crippen molar-refractivity contribution in [3.8, 4) is 45.9 Å². The summed E-state index contributed by atoms with van der Waals surface area (Å²) in [7, 11) is 21.4. The Kier molecular flexibility index (Phi) is 56.7. The van der Waals surface area contributed by atoms with Gasteiger partial charge in [0.05, 0.1) is 66.6 Å². The summed E-state index contributed by atoms with van der Waals surface area (Å²) in [5.74, 6) is 5.59. The molecule has 0 spiro atoms. The molecular weight excluding hydrogens is 2080 g/mol. The number of nitrogen functional groups attached to an aromatic ring is 1. The van der Waals surface area contributed by atoms with Crippen LogP contribution in [0, 0.1) is 50.6 Å². The number of nitro groups is 5. The van der Waals surface area contributed by atoms with Gasteiger partial charge >= 0.3 is 103 Å². The Hall–Kier alpha value is -5.05. The molecule has 0 unspecified atom stereocenters. The van der Waals surface area contributed by atoms with Crippen LogP contribution < -0.4 is 164 Å². The zero-order valence-corrected chi connectivity index (χ0v) is 86.3. The number of amidine groups is 1. The Morgan fingerprint density at radius 1 is 0.598 bits per heavy atom. The molecule has 6 aliphatic heterocycles. The predicted octanol–water partition coefficient (Wildman–Crippen LogP) is 6.06. The number of aliphatic imine (C=N–C) groups is 2. The maximum absolute atomic E-state index is 10.9. The van der Waals surface area contributed by atoms with E-state index >= 15 is 0 Å². The van der Waals surface area contributed by atoms with Crippen LogP contribution in [0.4, 0.5) is 56.9 Å². The van der Waals surface area contributed by atoms with Gasteiger partial charge in [-0.15, -0.1) is 11.8 Å². The number of anilines is 4. The van der Waals surface area contributed by atoms with Crippen LogP contribution in [0.3, 0.4) is 0 Å². The minimum absolute atomic E-state index is 0. The van der Waals surface area contributed by atoms with E-state index in [-0.39, 0.29) is 172 Å². The van der Waals surface area contributed by atoms with Crippen molar-refractivity contribution >= 4 is 257 Å². The number of nitrogens with one attached hydrogen (secondary N) is 3. The van der Waals surface area contributed by atoms with Crippen molar-refractivity contribution in [3.63, 3.8) is 0 Å². The number of alkyl halides is 1. The van der Waals surface area contributed by atoms with Gasteiger partial charge in [0.15, 0.2) is 30.8 Å². The number of carbonyl (C=O) groups is 2. The molecule has 1 amide bonds. The Morgan fingerprint density at radius 2 is 1.02 bits per heavy atom. The molecule has 2 aromatic heterocycles. The molecule has 59 heteroatoms. The van der Waals surface area contributed by atoms with E-state index in [4.69, 9.17) is 116 Å². The van der Waals surface area contributed by atoms with Gasteiger partial charge in [0.25, 0.3) is 40.8 Å². The molecule has 6 aromatic carbocycles. The fourth-order valence-corrected chi connectivity index (χ4v) is 45.0. The van der Waals surface area contributed by atoms with Crippen LogP contribution in [0.15, 0.2) is 144 Å². The number of non-ortho nitro benzene ring substituents is 5. The Morgan fingerprint density at radius 3 is 1.48 bits per heavy atom. The number of benzene rings is 6. The summed E-state index contributed by atoms with van der Waals surface area (Å²) in [6.45, 7) is 2.27. The number of thioether (sulfide) groups is 1. The van der Waals surface area contributed by atoms with Crippen LogP contribution in [0.5, 0.6) is 34.5 Å². The molecule has 0 fully saturated rings. The summed E-state index contributed by atoms with van der Waals surface area (Å²) in [6, 6.07) is 27.3. The van der Waals surface area contributed by atoms with E-state index in [0.29, 0.717) is 108 Å². The van der Waals surface area contributed by atoms with Gasteiger partial charge < -0.3 is 86.4 Å².